The fourth-order valence-corrected chi connectivity index (χ4v) is 1.37. The van der Waals surface area contributed by atoms with E-state index in [1.54, 1.807) is 19.2 Å². The second-order valence-electron chi connectivity index (χ2n) is 4.03. The van der Waals surface area contributed by atoms with Crippen molar-refractivity contribution in [3.63, 3.8) is 0 Å². The molecule has 0 radical (unpaired) electrons. The molecule has 18 heavy (non-hydrogen) atoms. The van der Waals surface area contributed by atoms with Crippen LogP contribution in [-0.2, 0) is 0 Å². The van der Waals surface area contributed by atoms with Gasteiger partial charge < -0.3 is 10.2 Å². The third kappa shape index (κ3) is 4.86. The van der Waals surface area contributed by atoms with Gasteiger partial charge in [0, 0.05) is 19.3 Å². The summed E-state index contributed by atoms with van der Waals surface area (Å²) < 4.78 is 0. The molecule has 1 aromatic rings. The fourth-order valence-electron chi connectivity index (χ4n) is 1.37. The summed E-state index contributed by atoms with van der Waals surface area (Å²) in [5.74, 6) is 0. The molecule has 5 nitrogen and oxygen atoms in total. The van der Waals surface area contributed by atoms with Gasteiger partial charge in [-0.15, -0.1) is 0 Å². The number of nitrogens with zero attached hydrogens (tertiary/aromatic N) is 1. The van der Waals surface area contributed by atoms with Crippen molar-refractivity contribution in [2.75, 3.05) is 18.9 Å². The highest BCUT2D eigenvalue weighted by Crippen LogP contribution is 2.04. The average molecular weight is 249 g/mol. The van der Waals surface area contributed by atoms with Gasteiger partial charge in [-0.05, 0) is 18.6 Å². The largest absolute Gasteiger partial charge is 0.327 e. The Balaban J connectivity index is 2.38. The summed E-state index contributed by atoms with van der Waals surface area (Å²) in [6.07, 6.45) is 1.93. The molecule has 0 saturated heterocycles. The molecule has 4 amide bonds. The van der Waals surface area contributed by atoms with E-state index in [1.807, 2.05) is 25.1 Å². The maximum Gasteiger partial charge on any atom is 0.327 e. The predicted molar refractivity (Wildman–Crippen MR) is 71.5 cm³/mol. The van der Waals surface area contributed by atoms with Gasteiger partial charge in [0.1, 0.15) is 0 Å². The van der Waals surface area contributed by atoms with Crippen molar-refractivity contribution >= 4 is 17.7 Å². The SMILES string of the molecule is CCCCN(C)C(=O)NC(=O)Nc1ccccc1. The monoisotopic (exact) mass is 249 g/mol. The van der Waals surface area contributed by atoms with E-state index in [0.717, 1.165) is 12.8 Å². The highest BCUT2D eigenvalue weighted by Gasteiger charge is 2.11. The number of carbonyl (C=O) groups is 2. The number of amides is 4. The first kappa shape index (κ1) is 14.0. The van der Waals surface area contributed by atoms with Gasteiger partial charge >= 0.3 is 12.1 Å². The molecule has 98 valence electrons. The van der Waals surface area contributed by atoms with Gasteiger partial charge in [-0.3, -0.25) is 5.32 Å². The van der Waals surface area contributed by atoms with Crippen molar-refractivity contribution < 1.29 is 9.59 Å². The Bertz CT molecular complexity index is 392. The summed E-state index contributed by atoms with van der Waals surface area (Å²) in [5.41, 5.74) is 0.652. The standard InChI is InChI=1S/C13H19N3O2/c1-3-4-10-16(2)13(18)15-12(17)14-11-8-6-5-7-9-11/h5-9H,3-4,10H2,1-2H3,(H2,14,15,17,18). The fraction of sp³-hybridized carbons (Fsp3) is 0.385. The van der Waals surface area contributed by atoms with Gasteiger partial charge in [0.15, 0.2) is 0 Å². The Morgan fingerprint density at radius 2 is 1.89 bits per heavy atom. The van der Waals surface area contributed by atoms with Gasteiger partial charge in [-0.1, -0.05) is 31.5 Å². The Hall–Kier alpha value is -2.04. The highest BCUT2D eigenvalue weighted by atomic mass is 16.2. The van der Waals surface area contributed by atoms with Gasteiger partial charge in [-0.2, -0.15) is 0 Å². The first-order valence-corrected chi connectivity index (χ1v) is 6.01. The van der Waals surface area contributed by atoms with Crippen LogP contribution in [0.3, 0.4) is 0 Å². The van der Waals surface area contributed by atoms with Crippen LogP contribution in [0, 0.1) is 0 Å². The average Bonchev–Trinajstić information content (AvgIpc) is 2.36. The van der Waals surface area contributed by atoms with Crippen LogP contribution in [0.1, 0.15) is 19.8 Å². The normalized spacial score (nSPS) is 9.67. The van der Waals surface area contributed by atoms with Gasteiger partial charge in [-0.25, -0.2) is 9.59 Å². The van der Waals surface area contributed by atoms with E-state index in [9.17, 15) is 9.59 Å². The van der Waals surface area contributed by atoms with Crippen LogP contribution < -0.4 is 10.6 Å². The third-order valence-electron chi connectivity index (χ3n) is 2.45. The third-order valence-corrected chi connectivity index (χ3v) is 2.45. The van der Waals surface area contributed by atoms with Gasteiger partial charge in [0.25, 0.3) is 0 Å². The first-order chi connectivity index (χ1) is 8.63. The van der Waals surface area contributed by atoms with Crippen molar-refractivity contribution in [1.29, 1.82) is 0 Å². The number of carbonyl (C=O) groups excluding carboxylic acids is 2. The lowest BCUT2D eigenvalue weighted by Crippen LogP contribution is -2.43. The van der Waals surface area contributed by atoms with E-state index in [0.29, 0.717) is 12.2 Å². The second-order valence-corrected chi connectivity index (χ2v) is 4.03. The lowest BCUT2D eigenvalue weighted by atomic mass is 10.3. The van der Waals surface area contributed by atoms with E-state index >= 15 is 0 Å². The maximum atomic E-state index is 11.6. The Kier molecular flexibility index (Phi) is 5.70. The molecule has 0 aliphatic heterocycles. The molecule has 0 aliphatic carbocycles. The second kappa shape index (κ2) is 7.32. The number of rotatable bonds is 4. The number of imide groups is 1. The van der Waals surface area contributed by atoms with E-state index in [-0.39, 0.29) is 0 Å². The van der Waals surface area contributed by atoms with Crippen LogP contribution in [0.4, 0.5) is 15.3 Å². The smallest absolute Gasteiger partial charge is 0.327 e. The summed E-state index contributed by atoms with van der Waals surface area (Å²) in [7, 11) is 1.67. The van der Waals surface area contributed by atoms with Crippen molar-refractivity contribution in [1.82, 2.24) is 10.2 Å². The van der Waals surface area contributed by atoms with E-state index < -0.39 is 12.1 Å². The summed E-state index contributed by atoms with van der Waals surface area (Å²) in [5, 5.41) is 4.86. The molecule has 0 fully saturated rings. The minimum absolute atomic E-state index is 0.392. The van der Waals surface area contributed by atoms with Gasteiger partial charge in [0.2, 0.25) is 0 Å². The van der Waals surface area contributed by atoms with Crippen LogP contribution >= 0.6 is 0 Å². The summed E-state index contributed by atoms with van der Waals surface area (Å²) in [6.45, 7) is 2.69. The molecule has 0 atom stereocenters. The van der Waals surface area contributed by atoms with Crippen LogP contribution in [0.5, 0.6) is 0 Å². The number of para-hydroxylation sites is 1. The van der Waals surface area contributed by atoms with E-state index in [4.69, 9.17) is 0 Å². The van der Waals surface area contributed by atoms with Gasteiger partial charge in [0.05, 0.1) is 0 Å². The summed E-state index contributed by atoms with van der Waals surface area (Å²) in [4.78, 5) is 24.6. The molecule has 0 saturated carbocycles. The molecule has 0 spiro atoms. The number of anilines is 1. The molecule has 2 N–H and O–H groups in total. The lowest BCUT2D eigenvalue weighted by molar-refractivity contribution is 0.206. The molecule has 0 aliphatic rings. The number of hydrogen-bond acceptors (Lipinski definition) is 2. The summed E-state index contributed by atoms with van der Waals surface area (Å²) in [6, 6.07) is 8.07. The number of hydrogen-bond donors (Lipinski definition) is 2. The van der Waals surface area contributed by atoms with Crippen molar-refractivity contribution in [2.24, 2.45) is 0 Å². The number of unbranched alkanes of at least 4 members (excludes halogenated alkanes) is 1. The number of urea groups is 2. The zero-order chi connectivity index (χ0) is 13.4. The molecular formula is C13H19N3O2. The van der Waals surface area contributed by atoms with E-state index in [1.165, 1.54) is 4.90 Å². The Labute approximate surface area is 107 Å². The number of benzene rings is 1. The van der Waals surface area contributed by atoms with Crippen LogP contribution in [-0.4, -0.2) is 30.6 Å². The van der Waals surface area contributed by atoms with Crippen LogP contribution in [0.25, 0.3) is 0 Å². The topological polar surface area (TPSA) is 61.4 Å². The molecule has 1 rings (SSSR count). The quantitative estimate of drug-likeness (QED) is 0.861. The molecule has 0 bridgehead atoms. The number of nitrogens with one attached hydrogen (secondary N) is 2. The van der Waals surface area contributed by atoms with Crippen molar-refractivity contribution in [3.8, 4) is 0 Å². The molecule has 0 aromatic heterocycles. The Morgan fingerprint density at radius 1 is 1.22 bits per heavy atom. The first-order valence-electron chi connectivity index (χ1n) is 6.01. The lowest BCUT2D eigenvalue weighted by Gasteiger charge is -2.17. The van der Waals surface area contributed by atoms with Crippen LogP contribution in [0.2, 0.25) is 0 Å². The zero-order valence-corrected chi connectivity index (χ0v) is 10.8. The minimum atomic E-state index is -0.519. The van der Waals surface area contributed by atoms with Crippen LogP contribution in [0.15, 0.2) is 30.3 Å². The summed E-state index contributed by atoms with van der Waals surface area (Å²) >= 11 is 0. The predicted octanol–water partition coefficient (Wildman–Crippen LogP) is 2.66. The van der Waals surface area contributed by atoms with Crippen molar-refractivity contribution in [3.05, 3.63) is 30.3 Å². The highest BCUT2D eigenvalue weighted by molar-refractivity contribution is 6.00. The molecular weight excluding hydrogens is 230 g/mol. The minimum Gasteiger partial charge on any atom is -0.327 e. The zero-order valence-electron chi connectivity index (χ0n) is 10.8. The molecule has 5 heteroatoms. The van der Waals surface area contributed by atoms with E-state index in [2.05, 4.69) is 10.6 Å². The molecule has 0 heterocycles. The van der Waals surface area contributed by atoms with Crippen molar-refractivity contribution in [2.45, 2.75) is 19.8 Å². The Morgan fingerprint density at radius 3 is 2.50 bits per heavy atom. The molecule has 0 unspecified atom stereocenters. The molecule has 1 aromatic carbocycles. The maximum absolute atomic E-state index is 11.6.